The van der Waals surface area contributed by atoms with Gasteiger partial charge in [0.2, 0.25) is 0 Å². The van der Waals surface area contributed by atoms with E-state index >= 15 is 0 Å². The van der Waals surface area contributed by atoms with Gasteiger partial charge < -0.3 is 0 Å². The van der Waals surface area contributed by atoms with Gasteiger partial charge in [-0.1, -0.05) is 109 Å². The number of fused-ring (bicyclic) bond motifs is 3. The zero-order valence-corrected chi connectivity index (χ0v) is 30.5. The van der Waals surface area contributed by atoms with Gasteiger partial charge in [0.15, 0.2) is 5.82 Å². The minimum absolute atomic E-state index is 0.661. The van der Waals surface area contributed by atoms with Crippen LogP contribution >= 0.6 is 11.3 Å². The van der Waals surface area contributed by atoms with Crippen LogP contribution in [0.25, 0.3) is 98.8 Å². The maximum Gasteiger partial charge on any atom is 0.160 e. The van der Waals surface area contributed by atoms with Crippen LogP contribution in [0.2, 0.25) is 0 Å². The number of aromatic nitrogens is 4. The van der Waals surface area contributed by atoms with Gasteiger partial charge in [0.05, 0.1) is 22.8 Å². The van der Waals surface area contributed by atoms with Gasteiger partial charge in [0.1, 0.15) is 0 Å². The molecular weight excluding hydrogens is 689 g/mol. The van der Waals surface area contributed by atoms with Crippen molar-refractivity contribution in [3.63, 3.8) is 0 Å². The van der Waals surface area contributed by atoms with E-state index in [1.54, 1.807) is 0 Å². The summed E-state index contributed by atoms with van der Waals surface area (Å²) in [4.78, 5) is 20.0. The van der Waals surface area contributed by atoms with Gasteiger partial charge >= 0.3 is 0 Å². The number of nitrogens with zero attached hydrogens (tertiary/aromatic N) is 4. The molecule has 0 saturated carbocycles. The van der Waals surface area contributed by atoms with Crippen molar-refractivity contribution >= 4 is 31.5 Å². The molecule has 4 aromatic heterocycles. The number of hydrogen-bond donors (Lipinski definition) is 0. The van der Waals surface area contributed by atoms with E-state index < -0.39 is 0 Å². The van der Waals surface area contributed by atoms with Crippen molar-refractivity contribution in [2.75, 3.05) is 0 Å². The third kappa shape index (κ3) is 6.37. The molecule has 4 heterocycles. The molecule has 5 heteroatoms. The van der Waals surface area contributed by atoms with Crippen LogP contribution in [0.4, 0.5) is 0 Å². The molecule has 0 spiro atoms. The fourth-order valence-electron chi connectivity index (χ4n) is 7.30. The molecule has 0 amide bonds. The first-order chi connectivity index (χ1) is 27.2. The molecule has 0 radical (unpaired) electrons. The van der Waals surface area contributed by atoms with Crippen molar-refractivity contribution < 1.29 is 0 Å². The van der Waals surface area contributed by atoms with Crippen LogP contribution in [0.3, 0.4) is 0 Å². The first kappa shape index (κ1) is 32.6. The van der Waals surface area contributed by atoms with Crippen LogP contribution in [0.5, 0.6) is 0 Å². The summed E-state index contributed by atoms with van der Waals surface area (Å²) in [5.41, 5.74) is 13.0. The van der Waals surface area contributed by atoms with Gasteiger partial charge in [-0.05, 0) is 95.1 Å². The van der Waals surface area contributed by atoms with E-state index in [1.165, 1.54) is 25.7 Å². The van der Waals surface area contributed by atoms with Crippen molar-refractivity contribution in [3.8, 4) is 78.7 Å². The second-order valence-corrected chi connectivity index (χ2v) is 14.6. The zero-order valence-electron chi connectivity index (χ0n) is 29.7. The van der Waals surface area contributed by atoms with E-state index in [-0.39, 0.29) is 0 Å². The minimum Gasteiger partial charge on any atom is -0.256 e. The fourth-order valence-corrected chi connectivity index (χ4v) is 8.54. The van der Waals surface area contributed by atoms with Crippen LogP contribution in [0, 0.1) is 0 Å². The molecule has 10 rings (SSSR count). The Kier molecular flexibility index (Phi) is 8.32. The van der Waals surface area contributed by atoms with Crippen molar-refractivity contribution in [1.82, 2.24) is 19.9 Å². The quantitative estimate of drug-likeness (QED) is 0.164. The molecule has 0 unspecified atom stereocenters. The van der Waals surface area contributed by atoms with E-state index in [9.17, 15) is 0 Å². The highest BCUT2D eigenvalue weighted by Gasteiger charge is 2.17. The smallest absolute Gasteiger partial charge is 0.160 e. The highest BCUT2D eigenvalue weighted by atomic mass is 32.1. The lowest BCUT2D eigenvalue weighted by Gasteiger charge is -2.14. The van der Waals surface area contributed by atoms with Gasteiger partial charge in [-0.15, -0.1) is 11.3 Å². The highest BCUT2D eigenvalue weighted by molar-refractivity contribution is 7.26. The lowest BCUT2D eigenvalue weighted by molar-refractivity contribution is 1.18. The molecule has 0 aliphatic carbocycles. The van der Waals surface area contributed by atoms with E-state index in [1.807, 2.05) is 78.3 Å². The van der Waals surface area contributed by atoms with Crippen molar-refractivity contribution in [2.24, 2.45) is 0 Å². The molecule has 0 N–H and O–H groups in total. The predicted octanol–water partition coefficient (Wildman–Crippen LogP) is 13.3. The SMILES string of the molecule is c1ccc(-c2cc(-c3cc(-c4cc(-c5ccccn5)cc(-c5ccccn5)c4)nc(-c4ccccc4)n3)cc(-c3cccc4c3sc3ccccc34)c2)cc1. The Bertz CT molecular complexity index is 2900. The highest BCUT2D eigenvalue weighted by Crippen LogP contribution is 2.42. The monoisotopic (exact) mass is 720 g/mol. The van der Waals surface area contributed by atoms with Crippen LogP contribution < -0.4 is 0 Å². The molecule has 4 nitrogen and oxygen atoms in total. The van der Waals surface area contributed by atoms with E-state index in [2.05, 4.69) is 127 Å². The number of pyridine rings is 2. The number of thiophene rings is 1. The van der Waals surface area contributed by atoms with Gasteiger partial charge in [0.25, 0.3) is 0 Å². The minimum atomic E-state index is 0.661. The largest absolute Gasteiger partial charge is 0.256 e. The Morgan fingerprint density at radius 1 is 0.327 bits per heavy atom. The van der Waals surface area contributed by atoms with Crippen molar-refractivity contribution in [1.29, 1.82) is 0 Å². The Labute approximate surface area is 323 Å². The normalized spacial score (nSPS) is 11.3. The first-order valence-corrected chi connectivity index (χ1v) is 19.1. The molecule has 0 aliphatic rings. The summed E-state index contributed by atoms with van der Waals surface area (Å²) in [6.07, 6.45) is 3.66. The fraction of sp³-hybridized carbons (Fsp3) is 0. The molecule has 6 aromatic carbocycles. The van der Waals surface area contributed by atoms with E-state index in [0.717, 1.165) is 67.3 Å². The first-order valence-electron chi connectivity index (χ1n) is 18.3. The standard InChI is InChI=1S/C50H32N4S/c1-3-14-33(15-4-1)35-26-36(41-19-13-20-43-42-18-7-8-23-48(42)55-49(41)43)28-39(27-35)46-32-47(54-50(53-46)34-16-5-2-6-17-34)40-30-37(44-21-9-11-24-51-44)29-38(31-40)45-22-10-12-25-52-45/h1-32H. The molecule has 10 aromatic rings. The van der Waals surface area contributed by atoms with Crippen LogP contribution in [-0.4, -0.2) is 19.9 Å². The Hall–Kier alpha value is -7.08. The zero-order chi connectivity index (χ0) is 36.6. The predicted molar refractivity (Wildman–Crippen MR) is 229 cm³/mol. The maximum atomic E-state index is 5.29. The molecule has 258 valence electrons. The number of benzene rings is 6. The van der Waals surface area contributed by atoms with Crippen LogP contribution in [0.1, 0.15) is 0 Å². The average molecular weight is 721 g/mol. The third-order valence-electron chi connectivity index (χ3n) is 9.96. The summed E-state index contributed by atoms with van der Waals surface area (Å²) < 4.78 is 2.57. The summed E-state index contributed by atoms with van der Waals surface area (Å²) in [5.74, 6) is 0.661. The molecule has 0 atom stereocenters. The summed E-state index contributed by atoms with van der Waals surface area (Å²) in [6.45, 7) is 0. The van der Waals surface area contributed by atoms with E-state index in [4.69, 9.17) is 19.9 Å². The van der Waals surface area contributed by atoms with Gasteiger partial charge in [0, 0.05) is 60.4 Å². The Balaban J connectivity index is 1.21. The Morgan fingerprint density at radius 2 is 0.836 bits per heavy atom. The molecule has 0 saturated heterocycles. The molecule has 0 bridgehead atoms. The average Bonchev–Trinajstić information content (AvgIpc) is 3.66. The van der Waals surface area contributed by atoms with Gasteiger partial charge in [-0.25, -0.2) is 9.97 Å². The molecule has 55 heavy (non-hydrogen) atoms. The molecule has 0 fully saturated rings. The van der Waals surface area contributed by atoms with Crippen molar-refractivity contribution in [2.45, 2.75) is 0 Å². The van der Waals surface area contributed by atoms with Gasteiger partial charge in [-0.3, -0.25) is 9.97 Å². The molecule has 0 aliphatic heterocycles. The van der Waals surface area contributed by atoms with Crippen LogP contribution in [0.15, 0.2) is 194 Å². The summed E-state index contributed by atoms with van der Waals surface area (Å²) in [5, 5.41) is 2.56. The lowest BCUT2D eigenvalue weighted by atomic mass is 9.93. The topological polar surface area (TPSA) is 51.6 Å². The summed E-state index contributed by atoms with van der Waals surface area (Å²) in [6, 6.07) is 63.6. The van der Waals surface area contributed by atoms with Crippen LogP contribution in [-0.2, 0) is 0 Å². The number of rotatable bonds is 7. The number of hydrogen-bond acceptors (Lipinski definition) is 5. The Morgan fingerprint density at radius 3 is 1.47 bits per heavy atom. The molecular formula is C50H32N4S. The third-order valence-corrected chi connectivity index (χ3v) is 11.2. The second-order valence-electron chi connectivity index (χ2n) is 13.5. The summed E-state index contributed by atoms with van der Waals surface area (Å²) in [7, 11) is 0. The van der Waals surface area contributed by atoms with Gasteiger partial charge in [-0.2, -0.15) is 0 Å². The van der Waals surface area contributed by atoms with E-state index in [0.29, 0.717) is 5.82 Å². The summed E-state index contributed by atoms with van der Waals surface area (Å²) >= 11 is 1.85. The lowest BCUT2D eigenvalue weighted by Crippen LogP contribution is -1.97. The second kappa shape index (κ2) is 14.0. The van der Waals surface area contributed by atoms with Crippen molar-refractivity contribution in [3.05, 3.63) is 194 Å². The maximum absolute atomic E-state index is 5.29.